The predicted octanol–water partition coefficient (Wildman–Crippen LogP) is -0.0674. The summed E-state index contributed by atoms with van der Waals surface area (Å²) in [4.78, 5) is 0. The third kappa shape index (κ3) is 2.02. The lowest BCUT2D eigenvalue weighted by molar-refractivity contribution is 0.732. The van der Waals surface area contributed by atoms with Crippen molar-refractivity contribution < 1.29 is 0 Å². The summed E-state index contributed by atoms with van der Waals surface area (Å²) in [5.41, 5.74) is 0. The molecule has 0 saturated carbocycles. The van der Waals surface area contributed by atoms with Crippen molar-refractivity contribution in [3.63, 3.8) is 0 Å². The fourth-order valence-electron chi connectivity index (χ4n) is 0. The number of hydrogen-bond donors (Lipinski definition) is 0. The molecular weight excluding hydrogens is 91.3 g/mol. The molecule has 0 unspecified atom stereocenters. The molecule has 0 N–H and O–H groups in total. The van der Waals surface area contributed by atoms with E-state index in [1.807, 2.05) is 0 Å². The Morgan fingerprint density at radius 3 is 0.875 bits per heavy atom. The molecule has 0 fully saturated rings. The Kier molecular flexibility index (Phi) is 1.95. The Hall–Kier alpha value is 0.260. The largest absolute Gasteiger partial charge is 0.111 e. The minimum absolute atomic E-state index is 1.01. The Morgan fingerprint density at radius 1 is 0.750 bits per heavy atom. The van der Waals surface area contributed by atoms with Crippen molar-refractivity contribution in [3.05, 3.63) is 0 Å². The van der Waals surface area contributed by atoms with Gasteiger partial charge < -0.3 is 0 Å². The maximum absolute atomic E-state index is 5.34. The summed E-state index contributed by atoms with van der Waals surface area (Å²) in [6.45, 7) is 3.15. The molecule has 0 saturated heterocycles. The number of rotatable bonds is 1. The summed E-state index contributed by atoms with van der Waals surface area (Å²) in [6.07, 6.45) is 0. The molecule has 34 valence electrons. The van der Waals surface area contributed by atoms with Crippen LogP contribution in [0.3, 0.4) is 0 Å². The van der Waals surface area contributed by atoms with Gasteiger partial charge in [-0.1, -0.05) is 13.8 Å². The van der Waals surface area contributed by atoms with Gasteiger partial charge in [-0.2, -0.15) is 0 Å². The highest BCUT2D eigenvalue weighted by molar-refractivity contribution is 6.53. The second-order valence-corrected chi connectivity index (χ2v) is 2.57. The summed E-state index contributed by atoms with van der Waals surface area (Å²) in [7, 11) is 21.4. The third-order valence-corrected chi connectivity index (χ3v) is 1.16. The van der Waals surface area contributed by atoms with Gasteiger partial charge in [-0.15, -0.1) is 10.4 Å². The maximum atomic E-state index is 5.34. The van der Waals surface area contributed by atoms with E-state index < -0.39 is 10.4 Å². The van der Waals surface area contributed by atoms with Crippen LogP contribution in [0.4, 0.5) is 0 Å². The van der Waals surface area contributed by atoms with Gasteiger partial charge in [0.05, 0.1) is 31.4 Å². The van der Waals surface area contributed by atoms with Crippen LogP contribution in [0.1, 0.15) is 13.8 Å². The van der Waals surface area contributed by atoms with Crippen LogP contribution in [0.5, 0.6) is 0 Å². The van der Waals surface area contributed by atoms with Gasteiger partial charge in [0.2, 0.25) is 0 Å². The Morgan fingerprint density at radius 2 is 0.875 bits per heavy atom. The molecule has 0 aromatic heterocycles. The van der Waals surface area contributed by atoms with E-state index >= 15 is 0 Å². The van der Waals surface area contributed by atoms with Crippen molar-refractivity contribution in [1.29, 1.82) is 0 Å². The Bertz CT molecular complexity index is 63.0. The molecule has 8 radical (unpaired) electrons. The van der Waals surface area contributed by atoms with E-state index in [1.165, 1.54) is 0 Å². The first-order valence-corrected chi connectivity index (χ1v) is 2.40. The standard InChI is InChI=1S/C4H6B4/c1-3(5,6)4(2,7)8/h1-2H3. The predicted molar refractivity (Wildman–Crippen MR) is 39.8 cm³/mol. The minimum Gasteiger partial charge on any atom is -0.111 e. The summed E-state index contributed by atoms with van der Waals surface area (Å²) in [5.74, 6) is 0. The zero-order valence-corrected chi connectivity index (χ0v) is 5.31. The topological polar surface area (TPSA) is 0 Å². The molecular formula is C4H6B4. The highest BCUT2D eigenvalue weighted by atomic mass is 14.1. The van der Waals surface area contributed by atoms with E-state index in [2.05, 4.69) is 0 Å². The van der Waals surface area contributed by atoms with Crippen LogP contribution in [0.2, 0.25) is 10.4 Å². The van der Waals surface area contributed by atoms with E-state index in [-0.39, 0.29) is 0 Å². The van der Waals surface area contributed by atoms with E-state index in [0.29, 0.717) is 0 Å². The fourth-order valence-corrected chi connectivity index (χ4v) is 0. The summed E-state index contributed by atoms with van der Waals surface area (Å²) in [5, 5.41) is -2.01. The fraction of sp³-hybridized carbons (Fsp3) is 1.00. The van der Waals surface area contributed by atoms with Crippen LogP contribution in [0.15, 0.2) is 0 Å². The van der Waals surface area contributed by atoms with Crippen LogP contribution < -0.4 is 0 Å². The highest BCUT2D eigenvalue weighted by Gasteiger charge is 2.24. The zero-order chi connectivity index (χ0) is 7.00. The lowest BCUT2D eigenvalue weighted by atomic mass is 9.31. The van der Waals surface area contributed by atoms with E-state index in [9.17, 15) is 0 Å². The Labute approximate surface area is 56.4 Å². The third-order valence-electron chi connectivity index (χ3n) is 1.16. The second kappa shape index (κ2) is 1.89. The molecule has 0 nitrogen and oxygen atoms in total. The average molecular weight is 97.3 g/mol. The highest BCUT2D eigenvalue weighted by Crippen LogP contribution is 2.39. The van der Waals surface area contributed by atoms with E-state index in [4.69, 9.17) is 31.4 Å². The van der Waals surface area contributed by atoms with Crippen LogP contribution in [0.25, 0.3) is 0 Å². The van der Waals surface area contributed by atoms with Crippen LogP contribution in [0, 0.1) is 0 Å². The normalized spacial score (nSPS) is 13.8. The van der Waals surface area contributed by atoms with Gasteiger partial charge in [0, 0.05) is 0 Å². The molecule has 0 atom stereocenters. The molecule has 0 aromatic rings. The first-order valence-electron chi connectivity index (χ1n) is 2.40. The summed E-state index contributed by atoms with van der Waals surface area (Å²) >= 11 is 0. The molecule has 0 heterocycles. The molecule has 4 heteroatoms. The van der Waals surface area contributed by atoms with Gasteiger partial charge in [-0.3, -0.25) is 0 Å². The molecule has 0 aliphatic carbocycles. The van der Waals surface area contributed by atoms with Crippen molar-refractivity contribution in [2.45, 2.75) is 24.3 Å². The smallest absolute Gasteiger partial charge is 0.0604 e. The van der Waals surface area contributed by atoms with Crippen molar-refractivity contribution in [3.8, 4) is 0 Å². The van der Waals surface area contributed by atoms with Crippen molar-refractivity contribution in [2.75, 3.05) is 0 Å². The summed E-state index contributed by atoms with van der Waals surface area (Å²) < 4.78 is 0. The molecule has 0 aliphatic rings. The molecule has 0 bridgehead atoms. The van der Waals surface area contributed by atoms with Gasteiger partial charge >= 0.3 is 0 Å². The summed E-state index contributed by atoms with van der Waals surface area (Å²) in [6, 6.07) is 0. The molecule has 0 amide bonds. The molecule has 0 aromatic carbocycles. The van der Waals surface area contributed by atoms with Crippen LogP contribution in [-0.2, 0) is 0 Å². The van der Waals surface area contributed by atoms with E-state index in [1.54, 1.807) is 13.8 Å². The van der Waals surface area contributed by atoms with Crippen molar-refractivity contribution >= 4 is 31.4 Å². The second-order valence-electron chi connectivity index (χ2n) is 2.57. The van der Waals surface area contributed by atoms with Gasteiger partial charge in [0.1, 0.15) is 0 Å². The van der Waals surface area contributed by atoms with Crippen LogP contribution in [-0.4, -0.2) is 31.4 Å². The van der Waals surface area contributed by atoms with Gasteiger partial charge in [-0.05, 0) is 0 Å². The lowest BCUT2D eigenvalue weighted by Gasteiger charge is -2.37. The molecule has 0 spiro atoms. The van der Waals surface area contributed by atoms with Crippen molar-refractivity contribution in [2.24, 2.45) is 0 Å². The number of hydrogen-bond acceptors (Lipinski definition) is 0. The Balaban J connectivity index is 4.02. The van der Waals surface area contributed by atoms with Gasteiger partial charge in [-0.25, -0.2) is 0 Å². The first kappa shape index (κ1) is 8.26. The minimum atomic E-state index is -1.01. The monoisotopic (exact) mass is 98.1 g/mol. The van der Waals surface area contributed by atoms with Gasteiger partial charge in [0.15, 0.2) is 0 Å². The molecule has 8 heavy (non-hydrogen) atoms. The zero-order valence-electron chi connectivity index (χ0n) is 5.31. The lowest BCUT2D eigenvalue weighted by Crippen LogP contribution is -2.26. The van der Waals surface area contributed by atoms with Gasteiger partial charge in [0.25, 0.3) is 0 Å². The van der Waals surface area contributed by atoms with Crippen LogP contribution >= 0.6 is 0 Å². The van der Waals surface area contributed by atoms with E-state index in [0.717, 1.165) is 0 Å². The maximum Gasteiger partial charge on any atom is 0.0604 e. The van der Waals surface area contributed by atoms with Crippen molar-refractivity contribution in [1.82, 2.24) is 0 Å². The average Bonchev–Trinajstić information content (AvgIpc) is 1.25. The quantitative estimate of drug-likeness (QED) is 0.402. The SMILES string of the molecule is [B]C([B])(C)C([B])([B])C. The first-order chi connectivity index (χ1) is 3.25. The molecule has 0 rings (SSSR count). The molecule has 0 aliphatic heterocycles.